The predicted octanol–water partition coefficient (Wildman–Crippen LogP) is 5.51. The molecule has 0 bridgehead atoms. The van der Waals surface area contributed by atoms with E-state index in [0.29, 0.717) is 17.2 Å². The second-order valence-corrected chi connectivity index (χ2v) is 12.0. The molecule has 1 amide bonds. The van der Waals surface area contributed by atoms with Crippen LogP contribution in [0.4, 0.5) is 0 Å². The molecule has 36 heavy (non-hydrogen) atoms. The van der Waals surface area contributed by atoms with Crippen molar-refractivity contribution < 1.29 is 9.59 Å². The summed E-state index contributed by atoms with van der Waals surface area (Å²) in [5, 5.41) is 4.38. The molecule has 1 saturated carbocycles. The van der Waals surface area contributed by atoms with Gasteiger partial charge in [0, 0.05) is 41.8 Å². The van der Waals surface area contributed by atoms with Gasteiger partial charge >= 0.3 is 0 Å². The Bertz CT molecular complexity index is 1030. The molecule has 1 aliphatic rings. The fourth-order valence-electron chi connectivity index (χ4n) is 5.81. The monoisotopic (exact) mass is 495 g/mol. The number of allylic oxidation sites excluding steroid dienone is 4. The molecule has 2 rings (SSSR count). The van der Waals surface area contributed by atoms with Crippen LogP contribution in [0, 0.1) is 11.3 Å². The van der Waals surface area contributed by atoms with E-state index in [-0.39, 0.29) is 28.2 Å². The van der Waals surface area contributed by atoms with E-state index in [1.54, 1.807) is 29.1 Å². The zero-order valence-electron chi connectivity index (χ0n) is 23.4. The smallest absolute Gasteiger partial charge is 0.287 e. The molecule has 0 saturated heterocycles. The summed E-state index contributed by atoms with van der Waals surface area (Å²) < 4.78 is 1.80. The van der Waals surface area contributed by atoms with Crippen molar-refractivity contribution >= 4 is 11.7 Å². The molecule has 0 unspecified atom stereocenters. The van der Waals surface area contributed by atoms with Gasteiger partial charge in [-0.25, -0.2) is 0 Å². The van der Waals surface area contributed by atoms with E-state index in [1.807, 2.05) is 0 Å². The Balaban J connectivity index is 2.14. The second kappa shape index (κ2) is 11.3. The number of ketones is 1. The van der Waals surface area contributed by atoms with Crippen LogP contribution in [0.5, 0.6) is 0 Å². The molecule has 0 atom stereocenters. The summed E-state index contributed by atoms with van der Waals surface area (Å²) in [6, 6.07) is 1.70. The van der Waals surface area contributed by atoms with Gasteiger partial charge in [-0.05, 0) is 70.4 Å². The summed E-state index contributed by atoms with van der Waals surface area (Å²) in [5.41, 5.74) is 6.78. The molecule has 0 radical (unpaired) electrons. The van der Waals surface area contributed by atoms with Crippen LogP contribution in [0.25, 0.3) is 0 Å². The van der Waals surface area contributed by atoms with Crippen LogP contribution in [0.15, 0.2) is 61.1 Å². The van der Waals surface area contributed by atoms with Crippen molar-refractivity contribution in [3.8, 4) is 0 Å². The minimum atomic E-state index is -0.316. The molecule has 0 aliphatic heterocycles. The molecule has 1 aromatic heterocycles. The van der Waals surface area contributed by atoms with Crippen molar-refractivity contribution in [1.82, 2.24) is 25.5 Å². The average Bonchev–Trinajstić information content (AvgIpc) is 3.24. The minimum absolute atomic E-state index is 0.130. The van der Waals surface area contributed by atoms with Gasteiger partial charge in [0.2, 0.25) is 0 Å². The summed E-state index contributed by atoms with van der Waals surface area (Å²) in [7, 11) is 0. The fraction of sp³-hybridized carbons (Fsp3) is 0.552. The zero-order chi connectivity index (χ0) is 27.3. The summed E-state index contributed by atoms with van der Waals surface area (Å²) in [6.45, 7) is 25.8. The van der Waals surface area contributed by atoms with Gasteiger partial charge in [-0.3, -0.25) is 19.7 Å². The number of carbonyl (C=O) groups excluding carboxylic acids is 2. The first-order valence-corrected chi connectivity index (χ1v) is 12.8. The third kappa shape index (κ3) is 6.99. The van der Waals surface area contributed by atoms with Gasteiger partial charge in [0.25, 0.3) is 5.91 Å². The van der Waals surface area contributed by atoms with E-state index in [1.165, 1.54) is 12.3 Å². The topological polar surface area (TPSA) is 79.3 Å². The third-order valence-corrected chi connectivity index (χ3v) is 6.69. The molecule has 1 heterocycles. The Morgan fingerprint density at radius 2 is 1.86 bits per heavy atom. The van der Waals surface area contributed by atoms with Crippen LogP contribution >= 0.6 is 0 Å². The van der Waals surface area contributed by atoms with E-state index < -0.39 is 0 Å². The number of nitrogens with zero attached hydrogens (tertiary/aromatic N) is 3. The number of carbonyl (C=O) groups is 2. The Hall–Kier alpha value is -3.09. The summed E-state index contributed by atoms with van der Waals surface area (Å²) >= 11 is 0. The van der Waals surface area contributed by atoms with Crippen molar-refractivity contribution in [1.29, 1.82) is 0 Å². The number of nitrogens with one attached hydrogen (secondary N) is 2. The lowest BCUT2D eigenvalue weighted by Gasteiger charge is -2.44. The molecule has 7 nitrogen and oxygen atoms in total. The summed E-state index contributed by atoms with van der Waals surface area (Å²) in [5.74, 6) is 0.0741. The van der Waals surface area contributed by atoms with E-state index in [0.717, 1.165) is 31.5 Å². The predicted molar refractivity (Wildman–Crippen MR) is 147 cm³/mol. The lowest BCUT2D eigenvalue weighted by atomic mass is 9.70. The number of hydrogen-bond acceptors (Lipinski definition) is 5. The molecular formula is C29H45N5O2. The highest BCUT2D eigenvalue weighted by molar-refractivity contribution is 6.06. The molecule has 198 valence electrons. The first kappa shape index (κ1) is 29.1. The van der Waals surface area contributed by atoms with Crippen molar-refractivity contribution in [3.63, 3.8) is 0 Å². The van der Waals surface area contributed by atoms with Crippen LogP contribution < -0.4 is 10.9 Å². The molecular weight excluding hydrogens is 450 g/mol. The highest BCUT2D eigenvalue weighted by atomic mass is 16.2. The van der Waals surface area contributed by atoms with Crippen LogP contribution in [0.3, 0.4) is 0 Å². The highest BCUT2D eigenvalue weighted by Crippen LogP contribution is 2.43. The average molecular weight is 496 g/mol. The number of likely N-dealkylation sites (N-methyl/N-ethyl adjacent to an activating group) is 1. The van der Waals surface area contributed by atoms with Crippen LogP contribution in [0.2, 0.25) is 0 Å². The maximum Gasteiger partial charge on any atom is 0.287 e. The maximum absolute atomic E-state index is 13.1. The van der Waals surface area contributed by atoms with Gasteiger partial charge in [0.15, 0.2) is 5.78 Å². The normalized spacial score (nSPS) is 20.8. The van der Waals surface area contributed by atoms with Gasteiger partial charge in [-0.1, -0.05) is 46.9 Å². The molecule has 0 aromatic carbocycles. The van der Waals surface area contributed by atoms with Gasteiger partial charge in [-0.2, -0.15) is 5.10 Å². The Kier molecular flexibility index (Phi) is 9.16. The van der Waals surface area contributed by atoms with E-state index >= 15 is 0 Å². The maximum atomic E-state index is 13.1. The number of rotatable bonds is 12. The number of hydrazine groups is 1. The third-order valence-electron chi connectivity index (χ3n) is 6.69. The highest BCUT2D eigenvalue weighted by Gasteiger charge is 2.41. The standard InChI is InChI=1S/C29H45N5O2/c1-11-22(25(35)16-23(12-2)33(13-3)28(8,9)20-27(5,6)7)19-30-32-26(36)24-14-15-31-34(24)29(10)17-21(4)18-29/h11-12,14-16,19,21,30H,1-2,13,17-18,20H2,3-10H3,(H,32,36)/b22-19?,23-16+. The van der Waals surface area contributed by atoms with Crippen molar-refractivity contribution in [3.05, 3.63) is 66.8 Å². The SMILES string of the molecule is C=CC(=CNNC(=O)c1ccnn1C1(C)CC(C)C1)C(=O)/C=C(\C=C)N(CC)C(C)(C)CC(C)(C)C. The molecule has 1 aromatic rings. The summed E-state index contributed by atoms with van der Waals surface area (Å²) in [4.78, 5) is 28.1. The largest absolute Gasteiger partial charge is 0.367 e. The molecule has 1 aliphatic carbocycles. The van der Waals surface area contributed by atoms with Crippen molar-refractivity contribution in [2.75, 3.05) is 6.54 Å². The van der Waals surface area contributed by atoms with Crippen molar-refractivity contribution in [2.24, 2.45) is 11.3 Å². The molecule has 1 fully saturated rings. The van der Waals surface area contributed by atoms with E-state index in [4.69, 9.17) is 0 Å². The Morgan fingerprint density at radius 3 is 2.36 bits per heavy atom. The Morgan fingerprint density at radius 1 is 1.22 bits per heavy atom. The number of aromatic nitrogens is 2. The number of hydrogen-bond donors (Lipinski definition) is 2. The first-order chi connectivity index (χ1) is 16.7. The summed E-state index contributed by atoms with van der Waals surface area (Å²) in [6.07, 6.45) is 10.8. The van der Waals surface area contributed by atoms with Crippen LogP contribution in [0.1, 0.15) is 85.1 Å². The first-order valence-electron chi connectivity index (χ1n) is 12.8. The van der Waals surface area contributed by atoms with E-state index in [9.17, 15) is 9.59 Å². The second-order valence-electron chi connectivity index (χ2n) is 12.0. The van der Waals surface area contributed by atoms with Gasteiger partial charge < -0.3 is 10.3 Å². The van der Waals surface area contributed by atoms with Crippen molar-refractivity contribution in [2.45, 2.75) is 85.7 Å². The lowest BCUT2D eigenvalue weighted by molar-refractivity contribution is -0.111. The van der Waals surface area contributed by atoms with Gasteiger partial charge in [0.1, 0.15) is 5.69 Å². The molecule has 2 N–H and O–H groups in total. The van der Waals surface area contributed by atoms with E-state index in [2.05, 4.69) is 89.4 Å². The Labute approximate surface area is 217 Å². The van der Waals surface area contributed by atoms with Gasteiger partial charge in [-0.15, -0.1) is 0 Å². The zero-order valence-corrected chi connectivity index (χ0v) is 23.4. The lowest BCUT2D eigenvalue weighted by Crippen LogP contribution is -2.46. The fourth-order valence-corrected chi connectivity index (χ4v) is 5.81. The van der Waals surface area contributed by atoms with Gasteiger partial charge in [0.05, 0.1) is 5.54 Å². The minimum Gasteiger partial charge on any atom is -0.367 e. The van der Waals surface area contributed by atoms with Crippen LogP contribution in [-0.2, 0) is 10.3 Å². The van der Waals surface area contributed by atoms with Crippen LogP contribution in [-0.4, -0.2) is 38.5 Å². The number of amides is 1. The molecule has 0 spiro atoms. The molecule has 7 heteroatoms. The quantitative estimate of drug-likeness (QED) is 0.227.